The van der Waals surface area contributed by atoms with Gasteiger partial charge in [0.25, 0.3) is 0 Å². The van der Waals surface area contributed by atoms with Gasteiger partial charge in [-0.1, -0.05) is 107 Å². The topological polar surface area (TPSA) is 40.5 Å². The summed E-state index contributed by atoms with van der Waals surface area (Å²) in [7, 11) is 0. The van der Waals surface area contributed by atoms with Gasteiger partial charge in [0.1, 0.15) is 11.5 Å². The standard InChI is InChI=1S/C30H38O2/c1-18-11-10-12-21(13-18)26(22-14-19(2)16-24(27(22)31)29(4,5)6)23-15-20(3)17-25(28(23)32)30(7,8)9/h10-17,26,31-32H,1-9H3. The Labute approximate surface area is 194 Å². The summed E-state index contributed by atoms with van der Waals surface area (Å²) >= 11 is 0. The molecule has 0 unspecified atom stereocenters. The third kappa shape index (κ3) is 4.70. The summed E-state index contributed by atoms with van der Waals surface area (Å²) in [6.07, 6.45) is 0. The highest BCUT2D eigenvalue weighted by molar-refractivity contribution is 5.60. The molecule has 0 saturated carbocycles. The first-order valence-corrected chi connectivity index (χ1v) is 11.4. The third-order valence-corrected chi connectivity index (χ3v) is 6.18. The molecule has 2 N–H and O–H groups in total. The minimum Gasteiger partial charge on any atom is -0.507 e. The Morgan fingerprint density at radius 2 is 1.03 bits per heavy atom. The number of benzene rings is 3. The van der Waals surface area contributed by atoms with Gasteiger partial charge in [-0.2, -0.15) is 0 Å². The van der Waals surface area contributed by atoms with Crippen molar-refractivity contribution in [2.24, 2.45) is 0 Å². The monoisotopic (exact) mass is 430 g/mol. The maximum atomic E-state index is 11.5. The lowest BCUT2D eigenvalue weighted by atomic mass is 9.76. The zero-order valence-corrected chi connectivity index (χ0v) is 21.1. The molecule has 0 radical (unpaired) electrons. The molecule has 0 heterocycles. The van der Waals surface area contributed by atoms with E-state index in [2.05, 4.69) is 105 Å². The Morgan fingerprint density at radius 1 is 0.594 bits per heavy atom. The van der Waals surface area contributed by atoms with Crippen LogP contribution in [0.1, 0.15) is 92.0 Å². The largest absolute Gasteiger partial charge is 0.507 e. The molecule has 0 aliphatic heterocycles. The van der Waals surface area contributed by atoms with E-state index < -0.39 is 0 Å². The highest BCUT2D eigenvalue weighted by Crippen LogP contribution is 2.47. The van der Waals surface area contributed by atoms with E-state index in [9.17, 15) is 10.2 Å². The van der Waals surface area contributed by atoms with Crippen molar-refractivity contribution >= 4 is 0 Å². The molecular weight excluding hydrogens is 392 g/mol. The molecule has 0 saturated heterocycles. The van der Waals surface area contributed by atoms with Gasteiger partial charge in [-0.3, -0.25) is 0 Å². The molecule has 2 nitrogen and oxygen atoms in total. The Kier molecular flexibility index (Phi) is 6.21. The van der Waals surface area contributed by atoms with Crippen LogP contribution in [0, 0.1) is 20.8 Å². The zero-order chi connectivity index (χ0) is 24.0. The van der Waals surface area contributed by atoms with Crippen molar-refractivity contribution < 1.29 is 10.2 Å². The number of hydrogen-bond donors (Lipinski definition) is 2. The van der Waals surface area contributed by atoms with Gasteiger partial charge in [0.05, 0.1) is 0 Å². The SMILES string of the molecule is Cc1cccc(C(c2cc(C)cc(C(C)(C)C)c2O)c2cc(C)cc(C(C)(C)C)c2O)c1. The maximum absolute atomic E-state index is 11.5. The fraction of sp³-hybridized carbons (Fsp3) is 0.400. The summed E-state index contributed by atoms with van der Waals surface area (Å²) in [6.45, 7) is 18.9. The van der Waals surface area contributed by atoms with Crippen LogP contribution >= 0.6 is 0 Å². The molecule has 0 aromatic heterocycles. The number of aromatic hydroxyl groups is 2. The van der Waals surface area contributed by atoms with Crippen LogP contribution in [0.25, 0.3) is 0 Å². The minimum absolute atomic E-state index is 0.201. The smallest absolute Gasteiger partial charge is 0.123 e. The highest BCUT2D eigenvalue weighted by atomic mass is 16.3. The Bertz CT molecular complexity index is 1070. The van der Waals surface area contributed by atoms with Gasteiger partial charge in [-0.05, 0) is 48.3 Å². The van der Waals surface area contributed by atoms with Gasteiger partial charge in [0.15, 0.2) is 0 Å². The van der Waals surface area contributed by atoms with E-state index in [0.29, 0.717) is 11.5 Å². The fourth-order valence-corrected chi connectivity index (χ4v) is 4.57. The fourth-order valence-electron chi connectivity index (χ4n) is 4.57. The van der Waals surface area contributed by atoms with Gasteiger partial charge in [-0.15, -0.1) is 0 Å². The summed E-state index contributed by atoms with van der Waals surface area (Å²) in [6, 6.07) is 16.6. The molecule has 3 rings (SSSR count). The molecule has 3 aromatic rings. The van der Waals surface area contributed by atoms with Gasteiger partial charge in [0.2, 0.25) is 0 Å². The van der Waals surface area contributed by atoms with Crippen LogP contribution in [0.4, 0.5) is 0 Å². The quantitative estimate of drug-likeness (QED) is 0.416. The van der Waals surface area contributed by atoms with E-state index in [0.717, 1.165) is 44.5 Å². The van der Waals surface area contributed by atoms with Crippen LogP contribution in [0.5, 0.6) is 11.5 Å². The number of rotatable bonds is 3. The third-order valence-electron chi connectivity index (χ3n) is 6.18. The van der Waals surface area contributed by atoms with E-state index in [1.54, 1.807) is 0 Å². The van der Waals surface area contributed by atoms with Crippen molar-refractivity contribution in [3.8, 4) is 11.5 Å². The second-order valence-corrected chi connectivity index (χ2v) is 11.3. The van der Waals surface area contributed by atoms with Crippen LogP contribution in [-0.4, -0.2) is 10.2 Å². The van der Waals surface area contributed by atoms with Crippen molar-refractivity contribution in [3.63, 3.8) is 0 Å². The number of phenols is 2. The van der Waals surface area contributed by atoms with Crippen molar-refractivity contribution in [2.75, 3.05) is 0 Å². The molecule has 170 valence electrons. The molecule has 0 atom stereocenters. The van der Waals surface area contributed by atoms with Crippen molar-refractivity contribution in [3.05, 3.63) is 93.0 Å². The molecule has 3 aromatic carbocycles. The number of hydrogen-bond acceptors (Lipinski definition) is 2. The normalized spacial score (nSPS) is 12.4. The first-order valence-electron chi connectivity index (χ1n) is 11.4. The molecular formula is C30H38O2. The molecule has 0 bridgehead atoms. The van der Waals surface area contributed by atoms with Crippen LogP contribution in [0.15, 0.2) is 48.5 Å². The van der Waals surface area contributed by atoms with Gasteiger partial charge >= 0.3 is 0 Å². The Hall–Kier alpha value is -2.74. The summed E-state index contributed by atoms with van der Waals surface area (Å²) in [4.78, 5) is 0. The summed E-state index contributed by atoms with van der Waals surface area (Å²) < 4.78 is 0. The van der Waals surface area contributed by atoms with E-state index in [1.165, 1.54) is 0 Å². The highest BCUT2D eigenvalue weighted by Gasteiger charge is 2.30. The van der Waals surface area contributed by atoms with Crippen molar-refractivity contribution in [1.82, 2.24) is 0 Å². The van der Waals surface area contributed by atoms with E-state index >= 15 is 0 Å². The molecule has 0 fully saturated rings. The first-order chi connectivity index (χ1) is 14.7. The predicted octanol–water partition coefficient (Wildman–Crippen LogP) is 7.80. The van der Waals surface area contributed by atoms with Crippen molar-refractivity contribution in [1.29, 1.82) is 0 Å². The molecule has 0 aliphatic rings. The van der Waals surface area contributed by atoms with Crippen LogP contribution in [0.2, 0.25) is 0 Å². The summed E-state index contributed by atoms with van der Waals surface area (Å²) in [5, 5.41) is 23.0. The molecule has 0 spiro atoms. The molecule has 2 heteroatoms. The summed E-state index contributed by atoms with van der Waals surface area (Å²) in [5.41, 5.74) is 7.53. The lowest BCUT2D eigenvalue weighted by Gasteiger charge is -2.29. The van der Waals surface area contributed by atoms with E-state index in [-0.39, 0.29) is 16.7 Å². The van der Waals surface area contributed by atoms with Gasteiger partial charge < -0.3 is 10.2 Å². The number of phenolic OH excluding ortho intramolecular Hbond substituents is 2. The van der Waals surface area contributed by atoms with Crippen LogP contribution < -0.4 is 0 Å². The Morgan fingerprint density at radius 3 is 1.41 bits per heavy atom. The first kappa shape index (κ1) is 23.9. The average Bonchev–Trinajstić information content (AvgIpc) is 2.65. The second-order valence-electron chi connectivity index (χ2n) is 11.3. The zero-order valence-electron chi connectivity index (χ0n) is 21.1. The lowest BCUT2D eigenvalue weighted by Crippen LogP contribution is -2.16. The lowest BCUT2D eigenvalue weighted by molar-refractivity contribution is 0.431. The van der Waals surface area contributed by atoms with Gasteiger partial charge in [0, 0.05) is 17.0 Å². The van der Waals surface area contributed by atoms with Gasteiger partial charge in [-0.25, -0.2) is 0 Å². The number of aryl methyl sites for hydroxylation is 3. The minimum atomic E-state index is -0.281. The van der Waals surface area contributed by atoms with Crippen LogP contribution in [-0.2, 0) is 10.8 Å². The van der Waals surface area contributed by atoms with E-state index in [4.69, 9.17) is 0 Å². The van der Waals surface area contributed by atoms with E-state index in [1.807, 2.05) is 6.07 Å². The van der Waals surface area contributed by atoms with Crippen LogP contribution in [0.3, 0.4) is 0 Å². The summed E-state index contributed by atoms with van der Waals surface area (Å²) in [5.74, 6) is 0.345. The second kappa shape index (κ2) is 8.31. The average molecular weight is 431 g/mol. The molecule has 0 aliphatic carbocycles. The maximum Gasteiger partial charge on any atom is 0.123 e. The van der Waals surface area contributed by atoms with Crippen molar-refractivity contribution in [2.45, 2.75) is 79.1 Å². The molecule has 0 amide bonds. The predicted molar refractivity (Wildman–Crippen MR) is 135 cm³/mol. The molecule has 32 heavy (non-hydrogen) atoms. The Balaban J connectivity index is 2.43.